The third-order valence-electron chi connectivity index (χ3n) is 4.57. The van der Waals surface area contributed by atoms with Gasteiger partial charge in [-0.1, -0.05) is 15.9 Å². The third kappa shape index (κ3) is 2.04. The van der Waals surface area contributed by atoms with Crippen molar-refractivity contribution >= 4 is 31.6 Å². The average molecular weight is 375 g/mol. The Kier molecular flexibility index (Phi) is 3.22. The predicted molar refractivity (Wildman–Crippen MR) is 83.4 cm³/mol. The normalized spacial score (nSPS) is 29.8. The van der Waals surface area contributed by atoms with E-state index < -0.39 is 25.9 Å². The van der Waals surface area contributed by atoms with Gasteiger partial charge in [-0.3, -0.25) is 4.99 Å². The molecule has 4 nitrogen and oxygen atoms in total. The number of amidine groups is 1. The minimum absolute atomic E-state index is 0.127. The maximum atomic E-state index is 14.1. The Hall–Kier alpha value is -0.950. The van der Waals surface area contributed by atoms with E-state index in [1.165, 1.54) is 6.07 Å². The lowest BCUT2D eigenvalue weighted by atomic mass is 9.82. The van der Waals surface area contributed by atoms with E-state index in [0.29, 0.717) is 17.3 Å². The number of sulfone groups is 1. The standard InChI is InChI=1S/C14H16BrFN2O2S/c1-13(10-7-9(15)3-4-11(10)16)8-21(19,20)14(5-2-6-14)12(17)18-13/h3-4,7H,2,5-6,8H2,1H3,(H2,17,18). The van der Waals surface area contributed by atoms with Gasteiger partial charge >= 0.3 is 0 Å². The van der Waals surface area contributed by atoms with Crippen LogP contribution in [0.4, 0.5) is 4.39 Å². The van der Waals surface area contributed by atoms with Crippen LogP contribution < -0.4 is 5.73 Å². The van der Waals surface area contributed by atoms with Gasteiger partial charge in [0.1, 0.15) is 21.9 Å². The minimum Gasteiger partial charge on any atom is -0.386 e. The molecule has 21 heavy (non-hydrogen) atoms. The molecule has 1 atom stereocenters. The van der Waals surface area contributed by atoms with E-state index in [2.05, 4.69) is 20.9 Å². The Balaban J connectivity index is 2.17. The largest absolute Gasteiger partial charge is 0.386 e. The van der Waals surface area contributed by atoms with Gasteiger partial charge in [-0.2, -0.15) is 0 Å². The predicted octanol–water partition coefficient (Wildman–Crippen LogP) is 2.51. The Labute approximate surface area is 131 Å². The molecule has 1 aliphatic heterocycles. The first-order chi connectivity index (χ1) is 9.70. The summed E-state index contributed by atoms with van der Waals surface area (Å²) in [4.78, 5) is 4.41. The van der Waals surface area contributed by atoms with Gasteiger partial charge in [-0.25, -0.2) is 12.8 Å². The molecule has 1 aromatic carbocycles. The number of rotatable bonds is 1. The van der Waals surface area contributed by atoms with Crippen LogP contribution in [0, 0.1) is 5.82 Å². The van der Waals surface area contributed by atoms with Gasteiger partial charge < -0.3 is 5.73 Å². The molecule has 2 aliphatic rings. The number of hydrogen-bond donors (Lipinski definition) is 1. The quantitative estimate of drug-likeness (QED) is 0.820. The fourth-order valence-electron chi connectivity index (χ4n) is 3.18. The van der Waals surface area contributed by atoms with Crippen molar-refractivity contribution in [3.63, 3.8) is 0 Å². The van der Waals surface area contributed by atoms with Crippen molar-refractivity contribution in [2.45, 2.75) is 36.5 Å². The van der Waals surface area contributed by atoms with E-state index >= 15 is 0 Å². The van der Waals surface area contributed by atoms with Gasteiger partial charge in [0, 0.05) is 10.0 Å². The summed E-state index contributed by atoms with van der Waals surface area (Å²) < 4.78 is 39.2. The molecule has 0 aromatic heterocycles. The Morgan fingerprint density at radius 1 is 1.38 bits per heavy atom. The van der Waals surface area contributed by atoms with Crippen LogP contribution in [0.25, 0.3) is 0 Å². The molecule has 1 spiro atoms. The van der Waals surface area contributed by atoms with E-state index in [9.17, 15) is 12.8 Å². The van der Waals surface area contributed by atoms with E-state index in [1.54, 1.807) is 19.1 Å². The van der Waals surface area contributed by atoms with Crippen molar-refractivity contribution in [1.82, 2.24) is 0 Å². The first kappa shape index (κ1) is 15.0. The Morgan fingerprint density at radius 3 is 2.57 bits per heavy atom. The highest BCUT2D eigenvalue weighted by Gasteiger charge is 2.57. The second-order valence-corrected chi connectivity index (χ2v) is 9.22. The highest BCUT2D eigenvalue weighted by Crippen LogP contribution is 2.47. The molecular formula is C14H16BrFN2O2S. The molecular weight excluding hydrogens is 359 g/mol. The number of nitrogens with zero attached hydrogens (tertiary/aromatic N) is 1. The maximum absolute atomic E-state index is 14.1. The molecule has 0 bridgehead atoms. The number of benzene rings is 1. The molecule has 7 heteroatoms. The molecule has 1 saturated carbocycles. The summed E-state index contributed by atoms with van der Waals surface area (Å²) in [6.07, 6.45) is 1.86. The number of halogens is 2. The van der Waals surface area contributed by atoms with Crippen molar-refractivity contribution in [1.29, 1.82) is 0 Å². The van der Waals surface area contributed by atoms with Gasteiger partial charge in [0.25, 0.3) is 0 Å². The van der Waals surface area contributed by atoms with E-state index in [4.69, 9.17) is 5.73 Å². The smallest absolute Gasteiger partial charge is 0.165 e. The molecule has 0 radical (unpaired) electrons. The summed E-state index contributed by atoms with van der Waals surface area (Å²) in [6.45, 7) is 1.62. The fourth-order valence-corrected chi connectivity index (χ4v) is 6.05. The molecule has 1 fully saturated rings. The molecule has 1 heterocycles. The van der Waals surface area contributed by atoms with E-state index in [0.717, 1.165) is 6.42 Å². The molecule has 1 unspecified atom stereocenters. The third-order valence-corrected chi connectivity index (χ3v) is 7.81. The molecule has 0 amide bonds. The van der Waals surface area contributed by atoms with Crippen molar-refractivity contribution in [3.8, 4) is 0 Å². The highest BCUT2D eigenvalue weighted by atomic mass is 79.9. The Bertz CT molecular complexity index is 743. The van der Waals surface area contributed by atoms with Crippen LogP contribution in [0.15, 0.2) is 27.7 Å². The summed E-state index contributed by atoms with van der Waals surface area (Å²) in [5, 5.41) is 0. The highest BCUT2D eigenvalue weighted by molar-refractivity contribution is 9.10. The SMILES string of the molecule is CC1(c2cc(Br)ccc2F)CS(=O)(=O)C2(CCC2)C(N)=N1. The Morgan fingerprint density at radius 2 is 2.05 bits per heavy atom. The molecule has 1 aromatic rings. The van der Waals surface area contributed by atoms with Crippen LogP contribution in [0.2, 0.25) is 0 Å². The van der Waals surface area contributed by atoms with Crippen LogP contribution in [0.5, 0.6) is 0 Å². The number of aliphatic imine (C=N–C) groups is 1. The fraction of sp³-hybridized carbons (Fsp3) is 0.500. The lowest BCUT2D eigenvalue weighted by Gasteiger charge is -2.46. The summed E-state index contributed by atoms with van der Waals surface area (Å²) >= 11 is 3.28. The van der Waals surface area contributed by atoms with Gasteiger partial charge in [0.15, 0.2) is 9.84 Å². The monoisotopic (exact) mass is 374 g/mol. The van der Waals surface area contributed by atoms with E-state index in [-0.39, 0.29) is 17.2 Å². The topological polar surface area (TPSA) is 72.5 Å². The van der Waals surface area contributed by atoms with Crippen LogP contribution >= 0.6 is 15.9 Å². The van der Waals surface area contributed by atoms with Gasteiger partial charge in [-0.05, 0) is 44.4 Å². The van der Waals surface area contributed by atoms with Crippen LogP contribution in [-0.2, 0) is 15.4 Å². The summed E-state index contributed by atoms with van der Waals surface area (Å²) in [5.41, 5.74) is 5.05. The second-order valence-electron chi connectivity index (χ2n) is 6.00. The second kappa shape index (κ2) is 4.52. The van der Waals surface area contributed by atoms with E-state index in [1.807, 2.05) is 0 Å². The first-order valence-electron chi connectivity index (χ1n) is 6.74. The van der Waals surface area contributed by atoms with Gasteiger partial charge in [0.05, 0.1) is 5.75 Å². The number of hydrogen-bond acceptors (Lipinski definition) is 4. The molecule has 1 aliphatic carbocycles. The van der Waals surface area contributed by atoms with Crippen molar-refractivity contribution in [2.24, 2.45) is 10.7 Å². The molecule has 0 saturated heterocycles. The first-order valence-corrected chi connectivity index (χ1v) is 9.18. The lowest BCUT2D eigenvalue weighted by Crippen LogP contribution is -2.61. The summed E-state index contributed by atoms with van der Waals surface area (Å²) in [6, 6.07) is 4.44. The molecule has 2 N–H and O–H groups in total. The zero-order valence-electron chi connectivity index (χ0n) is 11.6. The maximum Gasteiger partial charge on any atom is 0.165 e. The molecule has 3 rings (SSSR count). The van der Waals surface area contributed by atoms with Crippen molar-refractivity contribution < 1.29 is 12.8 Å². The number of nitrogens with two attached hydrogens (primary N) is 1. The summed E-state index contributed by atoms with van der Waals surface area (Å²) in [5.74, 6) is -0.562. The van der Waals surface area contributed by atoms with Crippen molar-refractivity contribution in [2.75, 3.05) is 5.75 Å². The molecule has 114 valence electrons. The van der Waals surface area contributed by atoms with Crippen LogP contribution in [-0.4, -0.2) is 24.8 Å². The zero-order chi connectivity index (χ0) is 15.5. The minimum atomic E-state index is -3.46. The van der Waals surface area contributed by atoms with Crippen molar-refractivity contribution in [3.05, 3.63) is 34.1 Å². The van der Waals surface area contributed by atoms with Gasteiger partial charge in [0.2, 0.25) is 0 Å². The van der Waals surface area contributed by atoms with Crippen LogP contribution in [0.1, 0.15) is 31.7 Å². The average Bonchev–Trinajstić information content (AvgIpc) is 2.27. The zero-order valence-corrected chi connectivity index (χ0v) is 14.0. The lowest BCUT2D eigenvalue weighted by molar-refractivity contribution is 0.388. The summed E-state index contributed by atoms with van der Waals surface area (Å²) in [7, 11) is -3.46. The van der Waals surface area contributed by atoms with Crippen LogP contribution in [0.3, 0.4) is 0 Å². The van der Waals surface area contributed by atoms with Gasteiger partial charge in [-0.15, -0.1) is 0 Å².